The Balaban J connectivity index is 1.81. The van der Waals surface area contributed by atoms with Gasteiger partial charge in [0, 0.05) is 32.8 Å². The highest BCUT2D eigenvalue weighted by atomic mass is 79.9. The van der Waals surface area contributed by atoms with Crippen LogP contribution in [0.4, 0.5) is 5.69 Å². The number of amides is 1. The van der Waals surface area contributed by atoms with Crippen LogP contribution in [-0.4, -0.2) is 49.4 Å². The van der Waals surface area contributed by atoms with Crippen LogP contribution in [0.25, 0.3) is 5.70 Å². The van der Waals surface area contributed by atoms with E-state index in [2.05, 4.69) is 15.9 Å². The summed E-state index contributed by atoms with van der Waals surface area (Å²) in [7, 11) is 1.65. The Hall–Kier alpha value is -1.71. The van der Waals surface area contributed by atoms with Gasteiger partial charge in [-0.2, -0.15) is 5.10 Å². The van der Waals surface area contributed by atoms with E-state index >= 15 is 0 Å². The zero-order chi connectivity index (χ0) is 25.3. The number of methoxy groups -OCH3 is 1. The predicted molar refractivity (Wildman–Crippen MR) is 149 cm³/mol. The summed E-state index contributed by atoms with van der Waals surface area (Å²) in [5.41, 5.74) is 3.17. The molecule has 186 valence electrons. The number of nitrogens with zero attached hydrogens (tertiary/aromatic N) is 3. The van der Waals surface area contributed by atoms with Gasteiger partial charge in [0.1, 0.15) is 12.0 Å². The first-order chi connectivity index (χ1) is 16.6. The molecule has 0 aromatic heterocycles. The van der Waals surface area contributed by atoms with E-state index in [0.717, 1.165) is 37.7 Å². The summed E-state index contributed by atoms with van der Waals surface area (Å²) in [5.74, 6) is 1.37. The lowest BCUT2D eigenvalue weighted by Gasteiger charge is -2.41. The molecule has 0 atom stereocenters. The maximum atomic E-state index is 13.2. The van der Waals surface area contributed by atoms with Gasteiger partial charge in [-0.05, 0) is 72.6 Å². The fraction of sp³-hybridized carbons (Fsp3) is 0.360. The number of hydrogen-bond donors (Lipinski definition) is 0. The van der Waals surface area contributed by atoms with E-state index in [0.29, 0.717) is 35.5 Å². The van der Waals surface area contributed by atoms with Crippen LogP contribution in [-0.2, 0) is 15.3 Å². The van der Waals surface area contributed by atoms with Crippen molar-refractivity contribution in [2.24, 2.45) is 5.10 Å². The molecule has 0 unspecified atom stereocenters. The van der Waals surface area contributed by atoms with Crippen molar-refractivity contribution in [3.63, 3.8) is 0 Å². The summed E-state index contributed by atoms with van der Waals surface area (Å²) in [4.78, 5) is 16.1. The molecule has 2 heterocycles. The van der Waals surface area contributed by atoms with Crippen LogP contribution in [0, 0.1) is 0 Å². The minimum absolute atomic E-state index is 0.186. The van der Waals surface area contributed by atoms with Crippen molar-refractivity contribution in [2.45, 2.75) is 32.1 Å². The third-order valence-electron chi connectivity index (χ3n) is 5.91. The lowest BCUT2D eigenvalue weighted by molar-refractivity contribution is -0.138. The second kappa shape index (κ2) is 10.7. The quantitative estimate of drug-likeness (QED) is 0.279. The number of morpholine rings is 1. The Labute approximate surface area is 228 Å². The molecule has 0 spiro atoms. The van der Waals surface area contributed by atoms with Gasteiger partial charge in [0.15, 0.2) is 0 Å². The van der Waals surface area contributed by atoms with Crippen molar-refractivity contribution >= 4 is 74.4 Å². The predicted octanol–water partition coefficient (Wildman–Crippen LogP) is 6.83. The van der Waals surface area contributed by atoms with Gasteiger partial charge in [0.25, 0.3) is 5.91 Å². The van der Waals surface area contributed by atoms with Gasteiger partial charge in [0.2, 0.25) is 0 Å². The van der Waals surface area contributed by atoms with E-state index in [1.54, 1.807) is 47.0 Å². The summed E-state index contributed by atoms with van der Waals surface area (Å²) in [6, 6.07) is 9.28. The lowest BCUT2D eigenvalue weighted by Crippen LogP contribution is -2.56. The van der Waals surface area contributed by atoms with Crippen LogP contribution in [0.2, 0.25) is 10.0 Å². The fourth-order valence-corrected chi connectivity index (χ4v) is 6.12. The van der Waals surface area contributed by atoms with Gasteiger partial charge in [0.05, 0.1) is 41.7 Å². The zero-order valence-corrected chi connectivity index (χ0v) is 23.8. The monoisotopic (exact) mass is 597 g/mol. The third-order valence-corrected chi connectivity index (χ3v) is 8.05. The summed E-state index contributed by atoms with van der Waals surface area (Å²) in [6.07, 6.45) is 1.36. The number of anilines is 1. The molecule has 35 heavy (non-hydrogen) atoms. The number of rotatable bonds is 5. The molecule has 2 aliphatic rings. The number of allylic oxidation sites excluding steroid dienone is 1. The summed E-state index contributed by atoms with van der Waals surface area (Å²) in [6.45, 7) is 7.50. The molecule has 1 saturated heterocycles. The standard InChI is InChI=1S/C25H26BrCl2N3O3S/c1-15-24(20-11-21(26)22(33-4)7-16(20)13-35-15)31(19-9-17(27)8-18(28)10-19)29-12-23(32)30-5-6-34-14-25(30,2)3/h7-12H,5-6,13-14H2,1-4H3/b29-12+. The number of halogens is 3. The smallest absolute Gasteiger partial charge is 0.267 e. The average Bonchev–Trinajstić information content (AvgIpc) is 2.79. The molecule has 1 amide bonds. The van der Waals surface area contributed by atoms with Crippen LogP contribution in [0.15, 0.2) is 44.8 Å². The highest BCUT2D eigenvalue weighted by Crippen LogP contribution is 2.45. The zero-order valence-electron chi connectivity index (χ0n) is 19.9. The van der Waals surface area contributed by atoms with Crippen molar-refractivity contribution in [3.05, 3.63) is 60.9 Å². The molecular formula is C25H26BrCl2N3O3S. The van der Waals surface area contributed by atoms with Gasteiger partial charge in [-0.1, -0.05) is 23.2 Å². The van der Waals surface area contributed by atoms with Gasteiger partial charge < -0.3 is 14.4 Å². The van der Waals surface area contributed by atoms with Gasteiger partial charge >= 0.3 is 0 Å². The molecule has 6 nitrogen and oxygen atoms in total. The SMILES string of the molecule is COc1cc2c(cc1Br)C(N(/N=C/C(=O)N1CCOCC1(C)C)c1cc(Cl)cc(Cl)c1)=C(C)SC2. The van der Waals surface area contributed by atoms with Crippen LogP contribution in [0.5, 0.6) is 5.75 Å². The molecule has 4 rings (SSSR count). The molecule has 0 radical (unpaired) electrons. The number of ether oxygens (including phenoxy) is 2. The van der Waals surface area contributed by atoms with E-state index in [1.807, 2.05) is 32.9 Å². The Morgan fingerprint density at radius 1 is 1.26 bits per heavy atom. The number of hydrogen-bond acceptors (Lipinski definition) is 6. The number of carbonyl (C=O) groups excluding carboxylic acids is 1. The van der Waals surface area contributed by atoms with Crippen molar-refractivity contribution in [1.29, 1.82) is 0 Å². The molecule has 2 aromatic rings. The number of fused-ring (bicyclic) bond motifs is 1. The number of hydrazone groups is 1. The molecule has 0 N–H and O–H groups in total. The first kappa shape index (κ1) is 26.4. The molecule has 2 aliphatic heterocycles. The molecular weight excluding hydrogens is 573 g/mol. The molecule has 0 bridgehead atoms. The minimum atomic E-state index is -0.421. The normalized spacial score (nSPS) is 17.5. The van der Waals surface area contributed by atoms with Crippen LogP contribution >= 0.6 is 50.9 Å². The largest absolute Gasteiger partial charge is 0.496 e. The van der Waals surface area contributed by atoms with Crippen molar-refractivity contribution in [3.8, 4) is 5.75 Å². The van der Waals surface area contributed by atoms with E-state index in [1.165, 1.54) is 6.21 Å². The fourth-order valence-electron chi connectivity index (χ4n) is 4.16. The van der Waals surface area contributed by atoms with Gasteiger partial charge in [-0.15, -0.1) is 11.8 Å². The van der Waals surface area contributed by atoms with Crippen LogP contribution in [0.1, 0.15) is 31.9 Å². The number of carbonyl (C=O) groups is 1. The van der Waals surface area contributed by atoms with Gasteiger partial charge in [-0.25, -0.2) is 5.01 Å². The summed E-state index contributed by atoms with van der Waals surface area (Å²) >= 11 is 18.0. The molecule has 0 saturated carbocycles. The second-order valence-electron chi connectivity index (χ2n) is 8.88. The minimum Gasteiger partial charge on any atom is -0.496 e. The maximum Gasteiger partial charge on any atom is 0.267 e. The first-order valence-corrected chi connectivity index (χ1v) is 13.5. The Morgan fingerprint density at radius 3 is 2.63 bits per heavy atom. The van der Waals surface area contributed by atoms with Gasteiger partial charge in [-0.3, -0.25) is 4.79 Å². The van der Waals surface area contributed by atoms with E-state index < -0.39 is 5.54 Å². The summed E-state index contributed by atoms with van der Waals surface area (Å²) in [5, 5.41) is 7.40. The Morgan fingerprint density at radius 2 is 1.97 bits per heavy atom. The highest BCUT2D eigenvalue weighted by molar-refractivity contribution is 9.10. The average molecular weight is 599 g/mol. The topological polar surface area (TPSA) is 54.4 Å². The molecule has 0 aliphatic carbocycles. The molecule has 1 fully saturated rings. The van der Waals surface area contributed by atoms with E-state index in [4.69, 9.17) is 37.8 Å². The third kappa shape index (κ3) is 5.67. The number of thioether (sulfide) groups is 1. The highest BCUT2D eigenvalue weighted by Gasteiger charge is 2.34. The number of benzene rings is 2. The van der Waals surface area contributed by atoms with Crippen LogP contribution in [0.3, 0.4) is 0 Å². The van der Waals surface area contributed by atoms with Crippen molar-refractivity contribution in [1.82, 2.24) is 4.90 Å². The molecule has 2 aromatic carbocycles. The van der Waals surface area contributed by atoms with E-state index in [9.17, 15) is 4.79 Å². The van der Waals surface area contributed by atoms with Crippen LogP contribution < -0.4 is 9.75 Å². The molecule has 10 heteroatoms. The Kier molecular flexibility index (Phi) is 8.08. The Bertz CT molecular complexity index is 1200. The summed E-state index contributed by atoms with van der Waals surface area (Å²) < 4.78 is 11.9. The van der Waals surface area contributed by atoms with Crippen molar-refractivity contribution in [2.75, 3.05) is 31.9 Å². The maximum absolute atomic E-state index is 13.2. The first-order valence-electron chi connectivity index (χ1n) is 11.0. The van der Waals surface area contributed by atoms with Crippen molar-refractivity contribution < 1.29 is 14.3 Å². The second-order valence-corrected chi connectivity index (χ2v) is 11.8. The lowest BCUT2D eigenvalue weighted by atomic mass is 10.0. The van der Waals surface area contributed by atoms with E-state index in [-0.39, 0.29) is 5.91 Å².